The standard InChI is InChI=1S/C9H11NO/c1-2-9(11-5-1)6-8-3-4-10-7-8/h1-2,5-6,10H,3-4,7H2. The van der Waals surface area contributed by atoms with Crippen LogP contribution in [-0.4, -0.2) is 13.1 Å². The highest BCUT2D eigenvalue weighted by molar-refractivity contribution is 5.48. The molecule has 2 heterocycles. The van der Waals surface area contributed by atoms with E-state index in [0.29, 0.717) is 0 Å². The number of rotatable bonds is 1. The molecule has 0 aromatic carbocycles. The summed E-state index contributed by atoms with van der Waals surface area (Å²) in [6.07, 6.45) is 4.97. The highest BCUT2D eigenvalue weighted by atomic mass is 16.3. The van der Waals surface area contributed by atoms with Crippen molar-refractivity contribution >= 4 is 6.08 Å². The first-order chi connectivity index (χ1) is 5.45. The van der Waals surface area contributed by atoms with Crippen LogP contribution in [0.15, 0.2) is 28.4 Å². The third-order valence-corrected chi connectivity index (χ3v) is 1.86. The van der Waals surface area contributed by atoms with Crippen molar-refractivity contribution in [2.75, 3.05) is 13.1 Å². The summed E-state index contributed by atoms with van der Waals surface area (Å²) in [5.74, 6) is 0.962. The first-order valence-corrected chi connectivity index (χ1v) is 3.89. The second-order valence-electron chi connectivity index (χ2n) is 2.74. The highest BCUT2D eigenvalue weighted by Gasteiger charge is 2.05. The quantitative estimate of drug-likeness (QED) is 0.656. The van der Waals surface area contributed by atoms with Gasteiger partial charge in [0.25, 0.3) is 0 Å². The smallest absolute Gasteiger partial charge is 0.126 e. The Morgan fingerprint density at radius 2 is 2.55 bits per heavy atom. The second-order valence-corrected chi connectivity index (χ2v) is 2.74. The predicted octanol–water partition coefficient (Wildman–Crippen LogP) is 1.66. The Balaban J connectivity index is 2.13. The Morgan fingerprint density at radius 3 is 3.18 bits per heavy atom. The van der Waals surface area contributed by atoms with E-state index in [4.69, 9.17) is 4.42 Å². The fraction of sp³-hybridized carbons (Fsp3) is 0.333. The molecule has 1 aromatic heterocycles. The molecule has 0 atom stereocenters. The molecule has 2 heteroatoms. The lowest BCUT2D eigenvalue weighted by atomic mass is 10.2. The van der Waals surface area contributed by atoms with E-state index in [-0.39, 0.29) is 0 Å². The van der Waals surface area contributed by atoms with Crippen LogP contribution in [0.25, 0.3) is 6.08 Å². The SMILES string of the molecule is C(=C1CCNC1)c1ccco1. The molecule has 0 saturated carbocycles. The maximum absolute atomic E-state index is 5.19. The van der Waals surface area contributed by atoms with Gasteiger partial charge >= 0.3 is 0 Å². The summed E-state index contributed by atoms with van der Waals surface area (Å²) < 4.78 is 5.19. The van der Waals surface area contributed by atoms with Crippen molar-refractivity contribution in [2.45, 2.75) is 6.42 Å². The zero-order valence-electron chi connectivity index (χ0n) is 6.34. The topological polar surface area (TPSA) is 25.2 Å². The third-order valence-electron chi connectivity index (χ3n) is 1.86. The molecule has 2 rings (SSSR count). The van der Waals surface area contributed by atoms with Crippen LogP contribution in [0.1, 0.15) is 12.2 Å². The Hall–Kier alpha value is -1.02. The molecule has 0 amide bonds. The Kier molecular flexibility index (Phi) is 1.78. The van der Waals surface area contributed by atoms with Crippen LogP contribution >= 0.6 is 0 Å². The summed E-state index contributed by atoms with van der Waals surface area (Å²) in [5, 5.41) is 3.27. The molecule has 11 heavy (non-hydrogen) atoms. The van der Waals surface area contributed by atoms with Crippen molar-refractivity contribution in [2.24, 2.45) is 0 Å². The first kappa shape index (κ1) is 6.68. The molecule has 1 aromatic rings. The monoisotopic (exact) mass is 149 g/mol. The first-order valence-electron chi connectivity index (χ1n) is 3.89. The number of hydrogen-bond acceptors (Lipinski definition) is 2. The molecule has 0 spiro atoms. The van der Waals surface area contributed by atoms with E-state index < -0.39 is 0 Å². The van der Waals surface area contributed by atoms with Crippen LogP contribution in [0.3, 0.4) is 0 Å². The van der Waals surface area contributed by atoms with E-state index in [1.807, 2.05) is 12.1 Å². The van der Waals surface area contributed by atoms with Crippen molar-refractivity contribution in [3.05, 3.63) is 29.7 Å². The number of furan rings is 1. The van der Waals surface area contributed by atoms with Gasteiger partial charge in [-0.1, -0.05) is 5.57 Å². The molecule has 2 nitrogen and oxygen atoms in total. The maximum atomic E-state index is 5.19. The van der Waals surface area contributed by atoms with Gasteiger partial charge in [-0.15, -0.1) is 0 Å². The lowest BCUT2D eigenvalue weighted by Gasteiger charge is -1.90. The van der Waals surface area contributed by atoms with E-state index >= 15 is 0 Å². The summed E-state index contributed by atoms with van der Waals surface area (Å²) in [6, 6.07) is 3.89. The van der Waals surface area contributed by atoms with Crippen molar-refractivity contribution in [3.63, 3.8) is 0 Å². The average molecular weight is 149 g/mol. The van der Waals surface area contributed by atoms with Crippen molar-refractivity contribution < 1.29 is 4.42 Å². The zero-order chi connectivity index (χ0) is 7.52. The van der Waals surface area contributed by atoms with Gasteiger partial charge in [0.15, 0.2) is 0 Å². The Labute approximate surface area is 65.9 Å². The van der Waals surface area contributed by atoms with Crippen LogP contribution in [0.5, 0.6) is 0 Å². The molecule has 1 saturated heterocycles. The average Bonchev–Trinajstić information content (AvgIpc) is 2.60. The van der Waals surface area contributed by atoms with Gasteiger partial charge in [-0.2, -0.15) is 0 Å². The van der Waals surface area contributed by atoms with Crippen LogP contribution in [0, 0.1) is 0 Å². The molecule has 1 N–H and O–H groups in total. The summed E-state index contributed by atoms with van der Waals surface area (Å²) >= 11 is 0. The maximum Gasteiger partial charge on any atom is 0.126 e. The molecule has 1 aliphatic heterocycles. The molecule has 0 bridgehead atoms. The van der Waals surface area contributed by atoms with Gasteiger partial charge < -0.3 is 9.73 Å². The molecule has 1 fully saturated rings. The third kappa shape index (κ3) is 1.52. The van der Waals surface area contributed by atoms with E-state index in [1.165, 1.54) is 5.57 Å². The second kappa shape index (κ2) is 2.93. The largest absolute Gasteiger partial charge is 0.465 e. The van der Waals surface area contributed by atoms with E-state index in [9.17, 15) is 0 Å². The molecule has 0 aliphatic carbocycles. The van der Waals surface area contributed by atoms with Crippen molar-refractivity contribution in [1.29, 1.82) is 0 Å². The Bertz CT molecular complexity index is 241. The normalized spacial score (nSPS) is 21.3. The number of hydrogen-bond donors (Lipinski definition) is 1. The minimum atomic E-state index is 0.962. The molecule has 58 valence electrons. The summed E-state index contributed by atoms with van der Waals surface area (Å²) in [5.41, 5.74) is 1.43. The lowest BCUT2D eigenvalue weighted by molar-refractivity contribution is 0.556. The van der Waals surface area contributed by atoms with Gasteiger partial charge in [0.1, 0.15) is 5.76 Å². The van der Waals surface area contributed by atoms with Gasteiger partial charge in [-0.3, -0.25) is 0 Å². The molecule has 1 aliphatic rings. The van der Waals surface area contributed by atoms with Crippen LogP contribution in [0.2, 0.25) is 0 Å². The number of nitrogens with one attached hydrogen (secondary N) is 1. The molecule has 0 radical (unpaired) electrons. The molecule has 0 unspecified atom stereocenters. The molecular weight excluding hydrogens is 138 g/mol. The molecular formula is C9H11NO. The van der Waals surface area contributed by atoms with Gasteiger partial charge in [-0.05, 0) is 31.2 Å². The van der Waals surface area contributed by atoms with E-state index in [1.54, 1.807) is 6.26 Å². The lowest BCUT2D eigenvalue weighted by Crippen LogP contribution is -2.04. The fourth-order valence-corrected chi connectivity index (χ4v) is 1.28. The Morgan fingerprint density at radius 1 is 1.55 bits per heavy atom. The van der Waals surface area contributed by atoms with Gasteiger partial charge in [0.05, 0.1) is 6.26 Å². The van der Waals surface area contributed by atoms with E-state index in [2.05, 4.69) is 11.4 Å². The van der Waals surface area contributed by atoms with Crippen LogP contribution in [0.4, 0.5) is 0 Å². The van der Waals surface area contributed by atoms with Crippen molar-refractivity contribution in [3.8, 4) is 0 Å². The fourth-order valence-electron chi connectivity index (χ4n) is 1.28. The van der Waals surface area contributed by atoms with Gasteiger partial charge in [0, 0.05) is 6.54 Å². The van der Waals surface area contributed by atoms with Gasteiger partial charge in [-0.25, -0.2) is 0 Å². The summed E-state index contributed by atoms with van der Waals surface area (Å²) in [6.45, 7) is 2.12. The van der Waals surface area contributed by atoms with Gasteiger partial charge in [0.2, 0.25) is 0 Å². The predicted molar refractivity (Wildman–Crippen MR) is 44.2 cm³/mol. The summed E-state index contributed by atoms with van der Waals surface area (Å²) in [4.78, 5) is 0. The highest BCUT2D eigenvalue weighted by Crippen LogP contribution is 2.12. The summed E-state index contributed by atoms with van der Waals surface area (Å²) in [7, 11) is 0. The minimum Gasteiger partial charge on any atom is -0.465 e. The van der Waals surface area contributed by atoms with Crippen molar-refractivity contribution in [1.82, 2.24) is 5.32 Å². The minimum absolute atomic E-state index is 0.962. The van der Waals surface area contributed by atoms with Crippen LogP contribution < -0.4 is 5.32 Å². The van der Waals surface area contributed by atoms with E-state index in [0.717, 1.165) is 25.3 Å². The van der Waals surface area contributed by atoms with Crippen LogP contribution in [-0.2, 0) is 0 Å². The zero-order valence-corrected chi connectivity index (χ0v) is 6.34.